The molecule has 0 spiro atoms. The third-order valence-corrected chi connectivity index (χ3v) is 3.09. The van der Waals surface area contributed by atoms with Crippen LogP contribution in [0.1, 0.15) is 26.1 Å². The zero-order valence-corrected chi connectivity index (χ0v) is 8.03. The van der Waals surface area contributed by atoms with Gasteiger partial charge >= 0.3 is 0 Å². The molecule has 0 saturated heterocycles. The fraction of sp³-hybridized carbons (Fsp3) is 0.778. The molecule has 3 unspecified atom stereocenters. The second-order valence-corrected chi connectivity index (χ2v) is 3.91. The lowest BCUT2D eigenvalue weighted by Gasteiger charge is -2.41. The molecule has 72 valence electrons. The Kier molecular flexibility index (Phi) is 2.31. The molecule has 1 aliphatic rings. The van der Waals surface area contributed by atoms with Crippen molar-refractivity contribution in [3.05, 3.63) is 12.2 Å². The molecule has 1 heterocycles. The van der Waals surface area contributed by atoms with E-state index in [1.165, 1.54) is 12.8 Å². The van der Waals surface area contributed by atoms with Crippen molar-refractivity contribution in [1.29, 1.82) is 0 Å². The number of hydrogen-bond donors (Lipinski definition) is 1. The van der Waals surface area contributed by atoms with Gasteiger partial charge < -0.3 is 9.84 Å². The quantitative estimate of drug-likeness (QED) is 0.761. The Morgan fingerprint density at radius 3 is 3.00 bits per heavy atom. The number of rotatable bonds is 3. The summed E-state index contributed by atoms with van der Waals surface area (Å²) in [6, 6.07) is 0.633. The number of hydrogen-bond acceptors (Lipinski definition) is 4. The summed E-state index contributed by atoms with van der Waals surface area (Å²) in [4.78, 5) is 3.95. The van der Waals surface area contributed by atoms with Crippen molar-refractivity contribution in [2.75, 3.05) is 0 Å². The molecular weight excluding hydrogens is 166 g/mol. The van der Waals surface area contributed by atoms with Crippen molar-refractivity contribution in [2.24, 2.45) is 11.8 Å². The van der Waals surface area contributed by atoms with E-state index < -0.39 is 0 Å². The van der Waals surface area contributed by atoms with Gasteiger partial charge in [-0.25, -0.2) is 0 Å². The minimum Gasteiger partial charge on any atom is -0.343 e. The topological polar surface area (TPSA) is 51.0 Å². The minimum atomic E-state index is 0.633. The Morgan fingerprint density at radius 2 is 2.46 bits per heavy atom. The number of nitrogens with one attached hydrogen (secondary N) is 1. The zero-order valence-electron chi connectivity index (χ0n) is 8.03. The van der Waals surface area contributed by atoms with Crippen LogP contribution in [0.3, 0.4) is 0 Å². The van der Waals surface area contributed by atoms with Crippen LogP contribution in [0.25, 0.3) is 0 Å². The summed E-state index contributed by atoms with van der Waals surface area (Å²) >= 11 is 0. The Labute approximate surface area is 77.7 Å². The Balaban J connectivity index is 1.75. The summed E-state index contributed by atoms with van der Waals surface area (Å²) < 4.78 is 4.65. The molecule has 1 saturated carbocycles. The predicted octanol–water partition coefficient (Wildman–Crippen LogP) is 1.20. The maximum atomic E-state index is 4.65. The van der Waals surface area contributed by atoms with Gasteiger partial charge in [0.2, 0.25) is 6.39 Å². The van der Waals surface area contributed by atoms with E-state index in [0.717, 1.165) is 24.2 Å². The zero-order chi connectivity index (χ0) is 9.26. The first-order valence-electron chi connectivity index (χ1n) is 4.76. The first kappa shape index (κ1) is 8.69. The van der Waals surface area contributed by atoms with Crippen LogP contribution in [-0.2, 0) is 6.54 Å². The lowest BCUT2D eigenvalue weighted by atomic mass is 9.71. The van der Waals surface area contributed by atoms with Gasteiger partial charge in [0.25, 0.3) is 0 Å². The molecule has 0 amide bonds. The first-order chi connectivity index (χ1) is 6.27. The van der Waals surface area contributed by atoms with Crippen molar-refractivity contribution in [3.63, 3.8) is 0 Å². The van der Waals surface area contributed by atoms with E-state index >= 15 is 0 Å². The van der Waals surface area contributed by atoms with Crippen LogP contribution in [0.2, 0.25) is 0 Å². The molecule has 13 heavy (non-hydrogen) atoms. The van der Waals surface area contributed by atoms with Gasteiger partial charge in [-0.1, -0.05) is 19.0 Å². The van der Waals surface area contributed by atoms with E-state index in [4.69, 9.17) is 0 Å². The Morgan fingerprint density at radius 1 is 1.62 bits per heavy atom. The summed E-state index contributed by atoms with van der Waals surface area (Å²) in [7, 11) is 0. The molecule has 0 bridgehead atoms. The SMILES string of the molecule is CC1CC(NCc2ncon2)C1C. The first-order valence-corrected chi connectivity index (χ1v) is 4.76. The van der Waals surface area contributed by atoms with E-state index in [0.29, 0.717) is 6.04 Å². The second kappa shape index (κ2) is 3.46. The maximum absolute atomic E-state index is 4.65. The van der Waals surface area contributed by atoms with Crippen molar-refractivity contribution >= 4 is 0 Å². The molecule has 1 fully saturated rings. The van der Waals surface area contributed by atoms with E-state index in [-0.39, 0.29) is 0 Å². The molecule has 4 heteroatoms. The normalized spacial score (nSPS) is 32.9. The van der Waals surface area contributed by atoms with Crippen LogP contribution < -0.4 is 5.32 Å². The molecule has 1 aromatic rings. The van der Waals surface area contributed by atoms with Crippen LogP contribution in [0.4, 0.5) is 0 Å². The summed E-state index contributed by atoms with van der Waals surface area (Å²) in [5, 5.41) is 7.16. The average Bonchev–Trinajstić information content (AvgIpc) is 2.64. The highest BCUT2D eigenvalue weighted by Gasteiger charge is 2.33. The van der Waals surface area contributed by atoms with E-state index in [1.54, 1.807) is 0 Å². The molecular formula is C9H15N3O. The second-order valence-electron chi connectivity index (χ2n) is 3.91. The van der Waals surface area contributed by atoms with Gasteiger partial charge in [-0.3, -0.25) is 0 Å². The van der Waals surface area contributed by atoms with E-state index in [1.807, 2.05) is 0 Å². The molecule has 4 nitrogen and oxygen atoms in total. The fourth-order valence-corrected chi connectivity index (χ4v) is 1.79. The third-order valence-electron chi connectivity index (χ3n) is 3.09. The third kappa shape index (κ3) is 1.72. The molecule has 0 radical (unpaired) electrons. The highest BCUT2D eigenvalue weighted by Crippen LogP contribution is 2.33. The lowest BCUT2D eigenvalue weighted by molar-refractivity contribution is 0.135. The molecule has 1 aromatic heterocycles. The van der Waals surface area contributed by atoms with Crippen LogP contribution >= 0.6 is 0 Å². The number of nitrogens with zero attached hydrogens (tertiary/aromatic N) is 2. The minimum absolute atomic E-state index is 0.633. The molecule has 0 aromatic carbocycles. The average molecular weight is 181 g/mol. The Bertz CT molecular complexity index is 260. The van der Waals surface area contributed by atoms with Crippen molar-refractivity contribution in [3.8, 4) is 0 Å². The molecule has 1 aliphatic carbocycles. The van der Waals surface area contributed by atoms with Crippen molar-refractivity contribution in [2.45, 2.75) is 32.9 Å². The summed E-state index contributed by atoms with van der Waals surface area (Å²) in [6.07, 6.45) is 2.63. The smallest absolute Gasteiger partial charge is 0.213 e. The van der Waals surface area contributed by atoms with Crippen LogP contribution in [0.15, 0.2) is 10.9 Å². The van der Waals surface area contributed by atoms with Gasteiger partial charge in [0.15, 0.2) is 5.82 Å². The fourth-order valence-electron chi connectivity index (χ4n) is 1.79. The van der Waals surface area contributed by atoms with Crippen LogP contribution in [0, 0.1) is 11.8 Å². The standard InChI is InChI=1S/C9H15N3O/c1-6-3-8(7(6)2)10-4-9-11-5-13-12-9/h5-8,10H,3-4H2,1-2H3. The van der Waals surface area contributed by atoms with Crippen molar-refractivity contribution in [1.82, 2.24) is 15.5 Å². The van der Waals surface area contributed by atoms with Crippen LogP contribution in [-0.4, -0.2) is 16.2 Å². The molecule has 1 N–H and O–H groups in total. The highest BCUT2D eigenvalue weighted by atomic mass is 16.5. The lowest BCUT2D eigenvalue weighted by Crippen LogP contribution is -2.47. The summed E-state index contributed by atoms with van der Waals surface area (Å²) in [6.45, 7) is 5.29. The van der Waals surface area contributed by atoms with Gasteiger partial charge in [0.05, 0.1) is 6.54 Å². The van der Waals surface area contributed by atoms with Gasteiger partial charge in [-0.2, -0.15) is 4.98 Å². The summed E-state index contributed by atoms with van der Waals surface area (Å²) in [5.41, 5.74) is 0. The van der Waals surface area contributed by atoms with Gasteiger partial charge in [-0.05, 0) is 18.3 Å². The largest absolute Gasteiger partial charge is 0.343 e. The van der Waals surface area contributed by atoms with Crippen LogP contribution in [0.5, 0.6) is 0 Å². The Hall–Kier alpha value is -0.900. The van der Waals surface area contributed by atoms with E-state index in [2.05, 4.69) is 33.8 Å². The molecule has 2 rings (SSSR count). The van der Waals surface area contributed by atoms with Gasteiger partial charge in [0.1, 0.15) is 0 Å². The summed E-state index contributed by atoms with van der Waals surface area (Å²) in [5.74, 6) is 2.36. The van der Waals surface area contributed by atoms with Crippen molar-refractivity contribution < 1.29 is 4.52 Å². The predicted molar refractivity (Wildman–Crippen MR) is 47.9 cm³/mol. The van der Waals surface area contributed by atoms with Gasteiger partial charge in [-0.15, -0.1) is 0 Å². The monoisotopic (exact) mass is 181 g/mol. The molecule has 0 aliphatic heterocycles. The van der Waals surface area contributed by atoms with Gasteiger partial charge in [0, 0.05) is 6.04 Å². The van der Waals surface area contributed by atoms with E-state index in [9.17, 15) is 0 Å². The maximum Gasteiger partial charge on any atom is 0.213 e. The molecule has 3 atom stereocenters. The number of aromatic nitrogens is 2. The highest BCUT2D eigenvalue weighted by molar-refractivity contribution is 4.90.